The van der Waals surface area contributed by atoms with E-state index < -0.39 is 72.4 Å². The van der Waals surface area contributed by atoms with E-state index >= 15 is 0 Å². The smallest absolute Gasteiger partial charge is 0.280 e. The minimum atomic E-state index is -7.94. The van der Waals surface area contributed by atoms with Crippen molar-refractivity contribution in [2.24, 2.45) is 0 Å². The summed E-state index contributed by atoms with van der Waals surface area (Å²) in [6.07, 6.45) is -45.9. The van der Waals surface area contributed by atoms with Crippen molar-refractivity contribution in [1.29, 1.82) is 0 Å². The Morgan fingerprint density at radius 3 is 0.725 bits per heavy atom. The fraction of sp³-hybridized carbons (Fsp3) is 0.833. The number of rotatable bonds is 11. The van der Waals surface area contributed by atoms with Crippen molar-refractivity contribution in [2.45, 2.75) is 60.8 Å². The van der Waals surface area contributed by atoms with Crippen molar-refractivity contribution >= 4 is 11.6 Å². The van der Waals surface area contributed by atoms with Gasteiger partial charge in [-0.1, -0.05) is 0 Å². The van der Waals surface area contributed by atoms with Gasteiger partial charge in [0.1, 0.15) is 0 Å². The van der Waals surface area contributed by atoms with Crippen LogP contribution in [0.25, 0.3) is 0 Å². The lowest BCUT2D eigenvalue weighted by molar-refractivity contribution is -0.588. The Kier molecular flexibility index (Phi) is 9.57. The minimum Gasteiger partial charge on any atom is -0.280 e. The molecule has 0 saturated carbocycles. The first-order chi connectivity index (χ1) is 16.9. The highest BCUT2D eigenvalue weighted by Crippen LogP contribution is 2.52. The number of hydrogen-bond acceptors (Lipinski definition) is 6. The zero-order chi connectivity index (χ0) is 33.0. The summed E-state index contributed by atoms with van der Waals surface area (Å²) >= 11 is 0. The number of hydrogen-bond donors (Lipinski definition) is 0. The topological polar surface area (TPSA) is 71.1 Å². The molecule has 0 aromatic heterocycles. The van der Waals surface area contributed by atoms with Crippen molar-refractivity contribution in [3.05, 3.63) is 0 Å². The standard InChI is InChI=1S/C12F22O6/c13-3(14,15)1(35)5(19,37-11(31,32)7(21,22)9(25,26)27)39-40-6(20,2(36)4(16,17)18)38-12(33,34)8(23,24)10(28,29)30. The van der Waals surface area contributed by atoms with Crippen LogP contribution >= 0.6 is 0 Å². The van der Waals surface area contributed by atoms with Crippen LogP contribution in [0.2, 0.25) is 0 Å². The molecule has 0 aliphatic carbocycles. The van der Waals surface area contributed by atoms with Crippen LogP contribution in [0.4, 0.5) is 96.6 Å². The van der Waals surface area contributed by atoms with Gasteiger partial charge in [0.15, 0.2) is 0 Å². The van der Waals surface area contributed by atoms with Crippen molar-refractivity contribution in [2.75, 3.05) is 0 Å². The van der Waals surface area contributed by atoms with Crippen molar-refractivity contribution in [3.8, 4) is 0 Å². The fourth-order valence-corrected chi connectivity index (χ4v) is 1.44. The molecular weight excluding hydrogens is 658 g/mol. The fourth-order valence-electron chi connectivity index (χ4n) is 1.44. The highest BCUT2D eigenvalue weighted by molar-refractivity contribution is 5.90. The normalized spacial score (nSPS) is 18.2. The molecule has 238 valence electrons. The third kappa shape index (κ3) is 7.28. The second-order valence-corrected chi connectivity index (χ2v) is 6.27. The SMILES string of the molecule is O=C(C(F)(F)F)C(F)(OOC(F)(OC(F)(F)C(F)(F)C(F)(F)F)C(=O)C(F)(F)F)OC(F)(F)C(F)(F)C(F)(F)F. The first kappa shape index (κ1) is 37.6. The maximum Gasteiger partial charge on any atom is 0.462 e. The van der Waals surface area contributed by atoms with Gasteiger partial charge in [-0.3, -0.25) is 9.59 Å². The molecule has 0 N–H and O–H groups in total. The molecule has 0 aliphatic rings. The van der Waals surface area contributed by atoms with Crippen molar-refractivity contribution in [1.82, 2.24) is 0 Å². The second-order valence-electron chi connectivity index (χ2n) is 6.27. The Morgan fingerprint density at radius 2 is 0.575 bits per heavy atom. The van der Waals surface area contributed by atoms with Gasteiger partial charge in [-0.25, -0.2) is 9.47 Å². The Balaban J connectivity index is 6.94. The summed E-state index contributed by atoms with van der Waals surface area (Å²) < 4.78 is 282. The van der Waals surface area contributed by atoms with Gasteiger partial charge in [0.05, 0.1) is 0 Å². The monoisotopic (exact) mass is 658 g/mol. The number of carbonyl (C=O) groups excluding carboxylic acids is 2. The Labute approximate surface area is 199 Å². The van der Waals surface area contributed by atoms with E-state index in [-0.39, 0.29) is 0 Å². The van der Waals surface area contributed by atoms with E-state index in [1.807, 2.05) is 0 Å². The lowest BCUT2D eigenvalue weighted by Crippen LogP contribution is -2.62. The molecule has 0 radical (unpaired) electrons. The quantitative estimate of drug-likeness (QED) is 0.117. The maximum atomic E-state index is 14.1. The molecule has 2 atom stereocenters. The average molecular weight is 658 g/mol. The van der Waals surface area contributed by atoms with E-state index in [4.69, 9.17) is 0 Å². The highest BCUT2D eigenvalue weighted by Gasteiger charge is 2.80. The molecule has 40 heavy (non-hydrogen) atoms. The van der Waals surface area contributed by atoms with Gasteiger partial charge in [0, 0.05) is 0 Å². The number of carbonyl (C=O) groups is 2. The minimum absolute atomic E-state index is 1.50. The summed E-state index contributed by atoms with van der Waals surface area (Å²) in [5.74, 6) is -26.1. The van der Waals surface area contributed by atoms with Crippen LogP contribution in [0.15, 0.2) is 0 Å². The van der Waals surface area contributed by atoms with Crippen LogP contribution in [0, 0.1) is 0 Å². The molecule has 0 aliphatic heterocycles. The van der Waals surface area contributed by atoms with Crippen molar-refractivity contribution < 1.29 is 125 Å². The molecule has 0 amide bonds. The van der Waals surface area contributed by atoms with Crippen LogP contribution in [0.1, 0.15) is 0 Å². The molecule has 2 unspecified atom stereocenters. The number of alkyl halides is 22. The second kappa shape index (κ2) is 10.2. The molecule has 0 fully saturated rings. The third-order valence-electron chi connectivity index (χ3n) is 3.28. The predicted octanol–water partition coefficient (Wildman–Crippen LogP) is 6.06. The highest BCUT2D eigenvalue weighted by atomic mass is 19.4. The lowest BCUT2D eigenvalue weighted by Gasteiger charge is -2.35. The molecule has 0 aromatic rings. The number of Topliss-reactive ketones (excluding diaryl/α,β-unsaturated/α-hetero) is 2. The Morgan fingerprint density at radius 1 is 0.375 bits per heavy atom. The average Bonchev–Trinajstić information content (AvgIpc) is 2.67. The van der Waals surface area contributed by atoms with E-state index in [0.717, 1.165) is 0 Å². The van der Waals surface area contributed by atoms with Gasteiger partial charge >= 0.3 is 72.4 Å². The summed E-state index contributed by atoms with van der Waals surface area (Å²) in [5, 5.41) is 0. The molecular formula is C12F22O6. The van der Waals surface area contributed by atoms with Gasteiger partial charge < -0.3 is 0 Å². The third-order valence-corrected chi connectivity index (χ3v) is 3.28. The summed E-state index contributed by atoms with van der Waals surface area (Å²) in [6.45, 7) is 0. The summed E-state index contributed by atoms with van der Waals surface area (Å²) in [7, 11) is 0. The van der Waals surface area contributed by atoms with Gasteiger partial charge in [-0.05, 0) is 0 Å². The molecule has 0 heterocycles. The molecule has 6 nitrogen and oxygen atoms in total. The van der Waals surface area contributed by atoms with E-state index in [1.54, 1.807) is 9.78 Å². The van der Waals surface area contributed by atoms with Crippen LogP contribution in [-0.2, 0) is 28.8 Å². The van der Waals surface area contributed by atoms with Crippen molar-refractivity contribution in [3.63, 3.8) is 0 Å². The maximum absolute atomic E-state index is 14.1. The molecule has 0 saturated heterocycles. The van der Waals surface area contributed by atoms with Gasteiger partial charge in [0.2, 0.25) is 0 Å². The zero-order valence-electron chi connectivity index (χ0n) is 16.8. The van der Waals surface area contributed by atoms with Gasteiger partial charge in [0.25, 0.3) is 0 Å². The molecule has 0 aromatic carbocycles. The van der Waals surface area contributed by atoms with E-state index in [1.165, 1.54) is 9.47 Å². The zero-order valence-corrected chi connectivity index (χ0v) is 16.8. The predicted molar refractivity (Wildman–Crippen MR) is 66.0 cm³/mol. The summed E-state index contributed by atoms with van der Waals surface area (Å²) in [6, 6.07) is -14.9. The van der Waals surface area contributed by atoms with Crippen LogP contribution in [0.3, 0.4) is 0 Å². The summed E-state index contributed by atoms with van der Waals surface area (Å²) in [4.78, 5) is 25.2. The lowest BCUT2D eigenvalue weighted by atomic mass is 10.3. The molecule has 28 heteroatoms. The number of ether oxygens (including phenoxy) is 2. The first-order valence-electron chi connectivity index (χ1n) is 7.96. The van der Waals surface area contributed by atoms with Crippen LogP contribution < -0.4 is 0 Å². The number of halogens is 22. The van der Waals surface area contributed by atoms with Crippen LogP contribution in [0.5, 0.6) is 0 Å². The summed E-state index contributed by atoms with van der Waals surface area (Å²) in [5.41, 5.74) is 0. The van der Waals surface area contributed by atoms with Crippen LogP contribution in [-0.4, -0.2) is 72.4 Å². The van der Waals surface area contributed by atoms with E-state index in [9.17, 15) is 106 Å². The van der Waals surface area contributed by atoms with Gasteiger partial charge in [-0.15, -0.1) is 0 Å². The van der Waals surface area contributed by atoms with E-state index in [0.29, 0.717) is 0 Å². The first-order valence-corrected chi connectivity index (χ1v) is 7.96. The largest absolute Gasteiger partial charge is 0.462 e. The molecule has 0 bridgehead atoms. The van der Waals surface area contributed by atoms with E-state index in [2.05, 4.69) is 0 Å². The Hall–Kier alpha value is -2.36. The van der Waals surface area contributed by atoms with Gasteiger partial charge in [-0.2, -0.15) is 106 Å². The molecule has 0 rings (SSSR count). The molecule has 0 spiro atoms. The Bertz CT molecular complexity index is 868. The number of ketones is 2.